The van der Waals surface area contributed by atoms with E-state index in [2.05, 4.69) is 0 Å². The number of nitrogens with zero attached hydrogens (tertiary/aromatic N) is 3. The van der Waals surface area contributed by atoms with Crippen LogP contribution in [0.2, 0.25) is 0 Å². The molecule has 4 rings (SSSR count). The molecule has 7 heteroatoms. The monoisotopic (exact) mass is 421 g/mol. The first kappa shape index (κ1) is 20.9. The fourth-order valence-corrected chi connectivity index (χ4v) is 4.02. The molecule has 0 spiro atoms. The summed E-state index contributed by atoms with van der Waals surface area (Å²) in [5, 5.41) is 0. The zero-order valence-electron chi connectivity index (χ0n) is 18.1. The molecule has 1 aliphatic heterocycles. The molecule has 7 nitrogen and oxygen atoms in total. The quantitative estimate of drug-likeness (QED) is 0.541. The number of anilines is 1. The van der Waals surface area contributed by atoms with Crippen molar-refractivity contribution in [2.24, 2.45) is 0 Å². The van der Waals surface area contributed by atoms with Crippen LogP contribution < -0.4 is 9.64 Å². The van der Waals surface area contributed by atoms with Gasteiger partial charge in [0.1, 0.15) is 18.1 Å². The molecule has 1 atom stereocenters. The van der Waals surface area contributed by atoms with Gasteiger partial charge in [-0.15, -0.1) is 0 Å². The van der Waals surface area contributed by atoms with Crippen molar-refractivity contribution < 1.29 is 19.1 Å². The van der Waals surface area contributed by atoms with Gasteiger partial charge in [-0.05, 0) is 57.2 Å². The summed E-state index contributed by atoms with van der Waals surface area (Å²) in [4.78, 5) is 31.8. The molecule has 1 aliphatic rings. The van der Waals surface area contributed by atoms with Crippen LogP contribution in [0.1, 0.15) is 38.9 Å². The van der Waals surface area contributed by atoms with E-state index in [9.17, 15) is 9.59 Å². The molecule has 0 bridgehead atoms. The highest BCUT2D eigenvalue weighted by atomic mass is 16.5. The summed E-state index contributed by atoms with van der Waals surface area (Å²) < 4.78 is 12.7. The van der Waals surface area contributed by atoms with Gasteiger partial charge in [-0.2, -0.15) is 0 Å². The van der Waals surface area contributed by atoms with Gasteiger partial charge in [-0.3, -0.25) is 9.59 Å². The van der Waals surface area contributed by atoms with Crippen LogP contribution in [0.3, 0.4) is 0 Å². The molecule has 1 unspecified atom stereocenters. The van der Waals surface area contributed by atoms with Gasteiger partial charge >= 0.3 is 5.97 Å². The highest BCUT2D eigenvalue weighted by Gasteiger charge is 2.35. The maximum Gasteiger partial charge on any atom is 0.326 e. The first-order valence-corrected chi connectivity index (χ1v) is 10.6. The van der Waals surface area contributed by atoms with Gasteiger partial charge in [0.05, 0.1) is 23.7 Å². The first-order valence-electron chi connectivity index (χ1n) is 10.6. The van der Waals surface area contributed by atoms with Crippen molar-refractivity contribution in [3.05, 3.63) is 54.4 Å². The predicted molar refractivity (Wildman–Crippen MR) is 118 cm³/mol. The smallest absolute Gasteiger partial charge is 0.326 e. The Balaban J connectivity index is 1.62. The van der Waals surface area contributed by atoms with E-state index in [1.807, 2.05) is 73.9 Å². The van der Waals surface area contributed by atoms with Gasteiger partial charge in [0.2, 0.25) is 5.91 Å². The predicted octanol–water partition coefficient (Wildman–Crippen LogP) is 3.91. The van der Waals surface area contributed by atoms with Crippen LogP contribution in [-0.2, 0) is 20.9 Å². The average molecular weight is 421 g/mol. The number of carbonyl (C=O) groups is 2. The second-order valence-electron chi connectivity index (χ2n) is 7.92. The third-order valence-electron chi connectivity index (χ3n) is 5.29. The van der Waals surface area contributed by atoms with E-state index in [1.54, 1.807) is 4.90 Å². The normalized spacial score (nSPS) is 16.3. The van der Waals surface area contributed by atoms with Gasteiger partial charge in [0.25, 0.3) is 0 Å². The van der Waals surface area contributed by atoms with Gasteiger partial charge in [0, 0.05) is 24.6 Å². The van der Waals surface area contributed by atoms with Gasteiger partial charge in [0.15, 0.2) is 0 Å². The molecule has 0 aliphatic carbocycles. The van der Waals surface area contributed by atoms with Crippen molar-refractivity contribution in [1.82, 2.24) is 9.55 Å². The molecule has 1 fully saturated rings. The van der Waals surface area contributed by atoms with E-state index in [4.69, 9.17) is 14.5 Å². The number of para-hydroxylation sites is 2. The Kier molecular flexibility index (Phi) is 5.93. The third-order valence-corrected chi connectivity index (χ3v) is 5.29. The summed E-state index contributed by atoms with van der Waals surface area (Å²) in [6.45, 7) is 6.77. The number of hydrogen-bond donors (Lipinski definition) is 0. The van der Waals surface area contributed by atoms with E-state index < -0.39 is 0 Å². The second kappa shape index (κ2) is 8.79. The fourth-order valence-electron chi connectivity index (χ4n) is 4.02. The summed E-state index contributed by atoms with van der Waals surface area (Å²) in [7, 11) is 0. The molecular weight excluding hydrogens is 394 g/mol. The standard InChI is InChI=1S/C24H27N3O4/c1-4-30-19-11-9-18(10-12-19)26-14-17(13-22(26)28)24-25-20-7-5-6-8-21(20)27(24)15-23(29)31-16(2)3/h5-12,16-17H,4,13-15H2,1-3H3. The van der Waals surface area contributed by atoms with E-state index >= 15 is 0 Å². The Morgan fingerprint density at radius 1 is 1.16 bits per heavy atom. The summed E-state index contributed by atoms with van der Waals surface area (Å²) >= 11 is 0. The molecule has 2 heterocycles. The third kappa shape index (κ3) is 4.40. The van der Waals surface area contributed by atoms with E-state index in [1.165, 1.54) is 0 Å². The minimum atomic E-state index is -0.313. The number of esters is 1. The molecule has 1 saturated heterocycles. The first-order chi connectivity index (χ1) is 15.0. The van der Waals surface area contributed by atoms with Crippen LogP contribution >= 0.6 is 0 Å². The van der Waals surface area contributed by atoms with Crippen molar-refractivity contribution in [1.29, 1.82) is 0 Å². The molecule has 162 valence electrons. The van der Waals surface area contributed by atoms with Crippen LogP contribution in [0.5, 0.6) is 5.75 Å². The second-order valence-corrected chi connectivity index (χ2v) is 7.92. The van der Waals surface area contributed by atoms with Crippen molar-refractivity contribution in [3.8, 4) is 5.75 Å². The maximum absolute atomic E-state index is 12.8. The van der Waals surface area contributed by atoms with Gasteiger partial charge in [-0.25, -0.2) is 4.98 Å². The molecule has 0 N–H and O–H groups in total. The Bertz CT molecular complexity index is 1090. The number of ether oxygens (including phenoxy) is 2. The lowest BCUT2D eigenvalue weighted by molar-refractivity contribution is -0.148. The van der Waals surface area contributed by atoms with Gasteiger partial charge in [-0.1, -0.05) is 12.1 Å². The summed E-state index contributed by atoms with van der Waals surface area (Å²) in [5.41, 5.74) is 2.50. The zero-order chi connectivity index (χ0) is 22.0. The van der Waals surface area contributed by atoms with Crippen LogP contribution in [-0.4, -0.2) is 40.7 Å². The lowest BCUT2D eigenvalue weighted by Gasteiger charge is -2.18. The maximum atomic E-state index is 12.8. The SMILES string of the molecule is CCOc1ccc(N2CC(c3nc4ccccc4n3CC(=O)OC(C)C)CC2=O)cc1. The Labute approximate surface area is 181 Å². The van der Waals surface area contributed by atoms with E-state index in [0.29, 0.717) is 19.6 Å². The van der Waals surface area contributed by atoms with E-state index in [0.717, 1.165) is 28.3 Å². The Hall–Kier alpha value is -3.35. The number of amides is 1. The summed E-state index contributed by atoms with van der Waals surface area (Å²) in [6.07, 6.45) is 0.157. The number of aromatic nitrogens is 2. The molecule has 0 saturated carbocycles. The lowest BCUT2D eigenvalue weighted by atomic mass is 10.1. The Morgan fingerprint density at radius 2 is 1.90 bits per heavy atom. The molecule has 1 amide bonds. The van der Waals surface area contributed by atoms with Crippen LogP contribution in [0.25, 0.3) is 11.0 Å². The number of rotatable bonds is 7. The molecule has 31 heavy (non-hydrogen) atoms. The number of benzene rings is 2. The molecule has 0 radical (unpaired) electrons. The lowest BCUT2D eigenvalue weighted by Crippen LogP contribution is -2.25. The van der Waals surface area contributed by atoms with Crippen LogP contribution in [0.4, 0.5) is 5.69 Å². The number of carbonyl (C=O) groups excluding carboxylic acids is 2. The minimum Gasteiger partial charge on any atom is -0.494 e. The van der Waals surface area contributed by atoms with Crippen LogP contribution in [0.15, 0.2) is 48.5 Å². The Morgan fingerprint density at radius 3 is 2.61 bits per heavy atom. The summed E-state index contributed by atoms with van der Waals surface area (Å²) in [6, 6.07) is 15.2. The van der Waals surface area contributed by atoms with Crippen molar-refractivity contribution in [2.45, 2.75) is 45.8 Å². The largest absolute Gasteiger partial charge is 0.494 e. The fraction of sp³-hybridized carbons (Fsp3) is 0.375. The summed E-state index contributed by atoms with van der Waals surface area (Å²) in [5.74, 6) is 1.13. The molecule has 3 aromatic rings. The van der Waals surface area contributed by atoms with Crippen molar-refractivity contribution in [2.75, 3.05) is 18.1 Å². The average Bonchev–Trinajstić information content (AvgIpc) is 3.29. The number of fused-ring (bicyclic) bond motifs is 1. The highest BCUT2D eigenvalue weighted by Crippen LogP contribution is 2.33. The van der Waals surface area contributed by atoms with Crippen molar-refractivity contribution in [3.63, 3.8) is 0 Å². The molecule has 2 aromatic carbocycles. The number of hydrogen-bond acceptors (Lipinski definition) is 5. The molecular formula is C24H27N3O4. The van der Waals surface area contributed by atoms with Crippen LogP contribution in [0, 0.1) is 0 Å². The highest BCUT2D eigenvalue weighted by molar-refractivity contribution is 5.96. The van der Waals surface area contributed by atoms with E-state index in [-0.39, 0.29) is 30.4 Å². The topological polar surface area (TPSA) is 73.7 Å². The number of imidazole rings is 1. The van der Waals surface area contributed by atoms with Gasteiger partial charge < -0.3 is 18.9 Å². The zero-order valence-corrected chi connectivity index (χ0v) is 18.1. The molecule has 1 aromatic heterocycles. The van der Waals surface area contributed by atoms with Crippen molar-refractivity contribution >= 4 is 28.6 Å². The minimum absolute atomic E-state index is 0.0394.